The van der Waals surface area contributed by atoms with Crippen LogP contribution in [-0.2, 0) is 9.59 Å². The summed E-state index contributed by atoms with van der Waals surface area (Å²) in [5, 5.41) is 11.9. The van der Waals surface area contributed by atoms with Crippen LogP contribution >= 0.6 is 11.3 Å². The van der Waals surface area contributed by atoms with E-state index < -0.39 is 0 Å². The molecule has 1 aromatic heterocycles. The molecule has 0 saturated heterocycles. The molecule has 0 unspecified atom stereocenters. The first-order chi connectivity index (χ1) is 13.0. The monoisotopic (exact) mass is 382 g/mol. The molecule has 0 radical (unpaired) electrons. The average Bonchev–Trinajstić information content (AvgIpc) is 3.30. The fourth-order valence-corrected chi connectivity index (χ4v) is 3.57. The van der Waals surface area contributed by atoms with E-state index in [0.29, 0.717) is 27.7 Å². The Morgan fingerprint density at radius 1 is 1.19 bits per heavy atom. The number of carbonyl (C=O) groups is 3. The predicted molar refractivity (Wildman–Crippen MR) is 105 cm³/mol. The Kier molecular flexibility index (Phi) is 4.49. The highest BCUT2D eigenvalue weighted by atomic mass is 32.1. The summed E-state index contributed by atoms with van der Waals surface area (Å²) in [6, 6.07) is 10.4. The highest BCUT2D eigenvalue weighted by Gasteiger charge is 2.30. The number of rotatable bonds is 5. The Labute approximate surface area is 160 Å². The van der Waals surface area contributed by atoms with E-state index in [2.05, 4.69) is 15.7 Å². The molecule has 2 aromatic rings. The van der Waals surface area contributed by atoms with Gasteiger partial charge in [0.25, 0.3) is 11.8 Å². The number of hydrogen-bond donors (Lipinski definition) is 2. The van der Waals surface area contributed by atoms with Crippen LogP contribution in [0.5, 0.6) is 0 Å². The van der Waals surface area contributed by atoms with Gasteiger partial charge in [-0.3, -0.25) is 14.4 Å². The van der Waals surface area contributed by atoms with Gasteiger partial charge < -0.3 is 10.6 Å². The fourth-order valence-electron chi connectivity index (χ4n) is 2.76. The molecule has 0 bridgehead atoms. The van der Waals surface area contributed by atoms with Crippen LogP contribution in [0.25, 0.3) is 0 Å². The molecular weight excluding hydrogens is 364 g/mol. The minimum Gasteiger partial charge on any atom is -0.321 e. The molecule has 7 nitrogen and oxygen atoms in total. The van der Waals surface area contributed by atoms with E-state index in [4.69, 9.17) is 0 Å². The molecule has 1 aliphatic heterocycles. The average molecular weight is 382 g/mol. The van der Waals surface area contributed by atoms with E-state index in [1.165, 1.54) is 16.3 Å². The van der Waals surface area contributed by atoms with Gasteiger partial charge in [-0.25, -0.2) is 5.01 Å². The molecule has 0 spiro atoms. The van der Waals surface area contributed by atoms with Gasteiger partial charge in [0.15, 0.2) is 0 Å². The fraction of sp³-hybridized carbons (Fsp3) is 0.263. The van der Waals surface area contributed by atoms with Crippen molar-refractivity contribution in [3.05, 3.63) is 41.3 Å². The van der Waals surface area contributed by atoms with Crippen LogP contribution in [0.15, 0.2) is 41.5 Å². The Bertz CT molecular complexity index is 961. The smallest absolute Gasteiger partial charge is 0.265 e. The van der Waals surface area contributed by atoms with Gasteiger partial charge in [-0.05, 0) is 50.1 Å². The summed E-state index contributed by atoms with van der Waals surface area (Å²) in [6.45, 7) is 1.81. The first-order valence-electron chi connectivity index (χ1n) is 8.69. The summed E-state index contributed by atoms with van der Waals surface area (Å²) >= 11 is 1.23. The van der Waals surface area contributed by atoms with E-state index >= 15 is 0 Å². The number of carbonyl (C=O) groups excluding carboxylic acids is 3. The third-order valence-electron chi connectivity index (χ3n) is 4.29. The lowest BCUT2D eigenvalue weighted by molar-refractivity contribution is -0.117. The minimum atomic E-state index is -0.267. The van der Waals surface area contributed by atoms with Crippen molar-refractivity contribution in [3.63, 3.8) is 0 Å². The topological polar surface area (TPSA) is 90.9 Å². The second-order valence-corrected chi connectivity index (χ2v) is 7.73. The van der Waals surface area contributed by atoms with Crippen molar-refractivity contribution in [2.45, 2.75) is 26.2 Å². The maximum Gasteiger partial charge on any atom is 0.265 e. The Morgan fingerprint density at radius 2 is 2.00 bits per heavy atom. The van der Waals surface area contributed by atoms with E-state index in [1.54, 1.807) is 43.3 Å². The van der Waals surface area contributed by atoms with Crippen molar-refractivity contribution >= 4 is 51.1 Å². The molecule has 27 heavy (non-hydrogen) atoms. The zero-order chi connectivity index (χ0) is 19.0. The molecule has 4 rings (SSSR count). The van der Waals surface area contributed by atoms with Crippen molar-refractivity contribution in [1.29, 1.82) is 0 Å². The number of hydrogen-bond acceptors (Lipinski definition) is 5. The molecule has 8 heteroatoms. The number of benzene rings is 1. The summed E-state index contributed by atoms with van der Waals surface area (Å²) in [4.78, 5) is 36.8. The number of anilines is 3. The maximum absolute atomic E-state index is 12.5. The summed E-state index contributed by atoms with van der Waals surface area (Å²) in [5.41, 5.74) is 1.94. The second-order valence-electron chi connectivity index (χ2n) is 6.65. The van der Waals surface area contributed by atoms with Gasteiger partial charge in [-0.2, -0.15) is 5.10 Å². The van der Waals surface area contributed by atoms with Gasteiger partial charge in [-0.15, -0.1) is 11.3 Å². The zero-order valence-corrected chi connectivity index (χ0v) is 15.5. The molecule has 0 atom stereocenters. The lowest BCUT2D eigenvalue weighted by atomic mass is 10.2. The maximum atomic E-state index is 12.5. The number of hydrazone groups is 1. The standard InChI is InChI=1S/C19H18N4O3S/c1-11-9-17(24)23(22-11)14-4-2-3-13(10-14)20-19(26)15-7-8-16(27-15)21-18(25)12-5-6-12/h2-4,7-8,10,12H,5-6,9H2,1H3,(H,20,26)(H,21,25). The third kappa shape index (κ3) is 3.90. The van der Waals surface area contributed by atoms with Gasteiger partial charge in [0.1, 0.15) is 0 Å². The van der Waals surface area contributed by atoms with Crippen molar-refractivity contribution in [2.75, 3.05) is 15.6 Å². The molecule has 2 aliphatic rings. The van der Waals surface area contributed by atoms with Crippen molar-refractivity contribution < 1.29 is 14.4 Å². The first kappa shape index (κ1) is 17.4. The Hall–Kier alpha value is -3.00. The van der Waals surface area contributed by atoms with Gasteiger partial charge >= 0.3 is 0 Å². The molecule has 1 aromatic carbocycles. The second kappa shape index (κ2) is 6.96. The summed E-state index contributed by atoms with van der Waals surface area (Å²) in [7, 11) is 0. The van der Waals surface area contributed by atoms with Crippen molar-refractivity contribution in [3.8, 4) is 0 Å². The molecule has 1 fully saturated rings. The number of nitrogens with one attached hydrogen (secondary N) is 2. The van der Waals surface area contributed by atoms with Gasteiger partial charge in [0.2, 0.25) is 5.91 Å². The number of amides is 3. The highest BCUT2D eigenvalue weighted by molar-refractivity contribution is 7.18. The Morgan fingerprint density at radius 3 is 2.70 bits per heavy atom. The van der Waals surface area contributed by atoms with Crippen molar-refractivity contribution in [2.24, 2.45) is 11.0 Å². The third-order valence-corrected chi connectivity index (χ3v) is 5.29. The van der Waals surface area contributed by atoms with Crippen LogP contribution in [0.4, 0.5) is 16.4 Å². The van der Waals surface area contributed by atoms with Crippen LogP contribution in [0.1, 0.15) is 35.9 Å². The van der Waals surface area contributed by atoms with E-state index in [0.717, 1.165) is 18.6 Å². The predicted octanol–water partition coefficient (Wildman–Crippen LogP) is 3.46. The summed E-state index contributed by atoms with van der Waals surface area (Å²) < 4.78 is 0. The lowest BCUT2D eigenvalue weighted by Gasteiger charge is -2.13. The Balaban J connectivity index is 1.44. The van der Waals surface area contributed by atoms with Crippen molar-refractivity contribution in [1.82, 2.24) is 0 Å². The summed E-state index contributed by atoms with van der Waals surface area (Å²) in [5.74, 6) is -0.226. The molecule has 138 valence electrons. The largest absolute Gasteiger partial charge is 0.321 e. The van der Waals surface area contributed by atoms with Crippen LogP contribution in [-0.4, -0.2) is 23.4 Å². The molecule has 3 amide bonds. The molecule has 2 N–H and O–H groups in total. The van der Waals surface area contributed by atoms with Gasteiger partial charge in [0, 0.05) is 17.3 Å². The van der Waals surface area contributed by atoms with E-state index in [-0.39, 0.29) is 23.6 Å². The lowest BCUT2D eigenvalue weighted by Crippen LogP contribution is -2.19. The highest BCUT2D eigenvalue weighted by Crippen LogP contribution is 2.32. The first-order valence-corrected chi connectivity index (χ1v) is 9.50. The van der Waals surface area contributed by atoms with E-state index in [9.17, 15) is 14.4 Å². The molecule has 2 heterocycles. The van der Waals surface area contributed by atoms with Gasteiger partial charge in [0.05, 0.1) is 22.0 Å². The minimum absolute atomic E-state index is 0.0163. The summed E-state index contributed by atoms with van der Waals surface area (Å²) in [6.07, 6.45) is 2.18. The number of nitrogens with zero attached hydrogens (tertiary/aromatic N) is 2. The number of thiophene rings is 1. The normalized spacial score (nSPS) is 16.3. The van der Waals surface area contributed by atoms with Crippen LogP contribution < -0.4 is 15.6 Å². The van der Waals surface area contributed by atoms with Crippen LogP contribution in [0, 0.1) is 5.92 Å². The van der Waals surface area contributed by atoms with Gasteiger partial charge in [-0.1, -0.05) is 6.07 Å². The molecule has 1 saturated carbocycles. The SMILES string of the molecule is CC1=NN(c2cccc(NC(=O)c3ccc(NC(=O)C4CC4)s3)c2)C(=O)C1. The quantitative estimate of drug-likeness (QED) is 0.830. The molecular formula is C19H18N4O3S. The van der Waals surface area contributed by atoms with Crippen LogP contribution in [0.2, 0.25) is 0 Å². The van der Waals surface area contributed by atoms with Crippen LogP contribution in [0.3, 0.4) is 0 Å². The molecule has 1 aliphatic carbocycles. The van der Waals surface area contributed by atoms with E-state index in [1.807, 2.05) is 0 Å². The zero-order valence-electron chi connectivity index (χ0n) is 14.7.